The molecule has 1 aromatic carbocycles. The number of terminal acetylenes is 1. The van der Waals surface area contributed by atoms with Gasteiger partial charge in [0, 0.05) is 55.3 Å². The third kappa shape index (κ3) is 7.04. The van der Waals surface area contributed by atoms with E-state index in [0.29, 0.717) is 45.7 Å². The van der Waals surface area contributed by atoms with Crippen molar-refractivity contribution in [2.45, 2.75) is 45.1 Å². The number of aryl methyl sites for hydroxylation is 1. The molecular formula is C33H38ClN5O3. The van der Waals surface area contributed by atoms with E-state index in [1.165, 1.54) is 0 Å². The van der Waals surface area contributed by atoms with Gasteiger partial charge in [0.1, 0.15) is 0 Å². The maximum atomic E-state index is 12.7. The van der Waals surface area contributed by atoms with Crippen LogP contribution in [0.4, 0.5) is 11.4 Å². The molecule has 8 nitrogen and oxygen atoms in total. The maximum absolute atomic E-state index is 12.7. The smallest absolute Gasteiger partial charge is 0.246 e. The van der Waals surface area contributed by atoms with Gasteiger partial charge in [-0.3, -0.25) is 14.6 Å². The molecule has 2 N–H and O–H groups in total. The zero-order valence-electron chi connectivity index (χ0n) is 24.7. The number of methoxy groups -OCH3 is 1. The highest BCUT2D eigenvalue weighted by atomic mass is 35.5. The average Bonchev–Trinajstić information content (AvgIpc) is 3.57. The quantitative estimate of drug-likeness (QED) is 0.256. The van der Waals surface area contributed by atoms with Crippen molar-refractivity contribution < 1.29 is 14.3 Å². The van der Waals surface area contributed by atoms with Crippen LogP contribution in [0.3, 0.4) is 0 Å². The highest BCUT2D eigenvalue weighted by Gasteiger charge is 2.28. The van der Waals surface area contributed by atoms with E-state index in [-0.39, 0.29) is 11.7 Å². The van der Waals surface area contributed by atoms with Gasteiger partial charge in [0.05, 0.1) is 40.3 Å². The number of nitrogens with one attached hydrogen (secondary N) is 2. The summed E-state index contributed by atoms with van der Waals surface area (Å²) in [6, 6.07) is 7.70. The molecule has 9 heteroatoms. The number of H-pyrrole nitrogens is 1. The lowest BCUT2D eigenvalue weighted by Gasteiger charge is -2.19. The molecule has 1 amide bonds. The van der Waals surface area contributed by atoms with Gasteiger partial charge in [0.2, 0.25) is 5.91 Å². The third-order valence-electron chi connectivity index (χ3n) is 7.43. The van der Waals surface area contributed by atoms with Crippen LogP contribution in [0.15, 0.2) is 48.8 Å². The molecule has 42 heavy (non-hydrogen) atoms. The normalized spacial score (nSPS) is 16.2. The van der Waals surface area contributed by atoms with Crippen LogP contribution in [0.25, 0.3) is 11.3 Å². The number of hydrogen-bond acceptors (Lipinski definition) is 6. The minimum absolute atomic E-state index is 0.101. The number of aromatic nitrogens is 2. The number of amides is 1. The molecule has 1 unspecified atom stereocenters. The molecule has 1 fully saturated rings. The Labute approximate surface area is 253 Å². The van der Waals surface area contributed by atoms with Crippen LogP contribution in [-0.4, -0.2) is 71.8 Å². The van der Waals surface area contributed by atoms with E-state index in [4.69, 9.17) is 22.8 Å². The topological polar surface area (TPSA) is 90.6 Å². The number of rotatable bonds is 7. The number of Topliss-reactive ketones (excluding diaryl/α,β-unsaturated/α-hetero) is 1. The van der Waals surface area contributed by atoms with Crippen molar-refractivity contribution in [2.75, 3.05) is 39.6 Å². The molecule has 0 spiro atoms. The number of hydrogen-bond donors (Lipinski definition) is 2. The van der Waals surface area contributed by atoms with Gasteiger partial charge in [-0.2, -0.15) is 0 Å². The second kappa shape index (κ2) is 14.2. The zero-order chi connectivity index (χ0) is 30.2. The SMILES string of the molecule is C#Cc1cnccc1-c1[nH]c2c(c1Nc1cccc(Cl)c1OC)C(=O)CCC2.CC1CCCN1C(=O)/C=C/CN(C)C. The number of pyridine rings is 1. The number of anilines is 2. The molecule has 1 aliphatic heterocycles. The van der Waals surface area contributed by atoms with Gasteiger partial charge in [-0.25, -0.2) is 0 Å². The number of halogens is 1. The minimum atomic E-state index is 0.101. The van der Waals surface area contributed by atoms with Crippen molar-refractivity contribution >= 4 is 34.7 Å². The Hall–Kier alpha value is -4.06. The Balaban J connectivity index is 0.000000244. The lowest BCUT2D eigenvalue weighted by Crippen LogP contribution is -2.32. The number of carbonyl (C=O) groups excluding carboxylic acids is 2. The minimum Gasteiger partial charge on any atom is -0.493 e. The fourth-order valence-corrected chi connectivity index (χ4v) is 5.57. The van der Waals surface area contributed by atoms with Crippen LogP contribution >= 0.6 is 11.6 Å². The van der Waals surface area contributed by atoms with Crippen molar-refractivity contribution in [3.63, 3.8) is 0 Å². The summed E-state index contributed by atoms with van der Waals surface area (Å²) in [4.78, 5) is 35.9. The first-order chi connectivity index (χ1) is 20.2. The lowest BCUT2D eigenvalue weighted by molar-refractivity contribution is -0.126. The van der Waals surface area contributed by atoms with Crippen LogP contribution in [0.5, 0.6) is 5.75 Å². The molecule has 0 bridgehead atoms. The van der Waals surface area contributed by atoms with Crippen LogP contribution in [0.1, 0.15) is 54.2 Å². The first-order valence-corrected chi connectivity index (χ1v) is 14.5. The number of benzene rings is 1. The highest BCUT2D eigenvalue weighted by Crippen LogP contribution is 2.42. The summed E-state index contributed by atoms with van der Waals surface area (Å²) < 4.78 is 5.45. The molecule has 1 aliphatic carbocycles. The predicted molar refractivity (Wildman–Crippen MR) is 169 cm³/mol. The van der Waals surface area contributed by atoms with Crippen molar-refractivity contribution in [1.29, 1.82) is 0 Å². The first kappa shape index (κ1) is 30.9. The summed E-state index contributed by atoms with van der Waals surface area (Å²) in [5, 5.41) is 3.85. The summed E-state index contributed by atoms with van der Waals surface area (Å²) in [5.41, 5.74) is 5.16. The van der Waals surface area contributed by atoms with Gasteiger partial charge >= 0.3 is 0 Å². The van der Waals surface area contributed by atoms with Gasteiger partial charge in [0.15, 0.2) is 11.5 Å². The maximum Gasteiger partial charge on any atom is 0.246 e. The fraction of sp³-hybridized carbons (Fsp3) is 0.364. The molecule has 3 aromatic rings. The summed E-state index contributed by atoms with van der Waals surface area (Å²) in [7, 11) is 5.55. The molecule has 1 atom stereocenters. The first-order valence-electron chi connectivity index (χ1n) is 14.2. The third-order valence-corrected chi connectivity index (χ3v) is 7.73. The summed E-state index contributed by atoms with van der Waals surface area (Å²) in [5.74, 6) is 3.45. The number of ether oxygens (including phenoxy) is 1. The van der Waals surface area contributed by atoms with Gasteiger partial charge in [-0.05, 0) is 64.9 Å². The molecule has 1 saturated heterocycles. The standard InChI is InChI=1S/C22H18ClN3O2.C11H20N2O/c1-3-13-12-24-11-10-14(13)20-21(19-16(25-20)7-5-9-18(19)27)26-17-8-4-6-15(23)22(17)28-2;1-10-6-4-9-13(10)11(14)7-5-8-12(2)3/h1,4,6,8,10-12,25-26H,5,7,9H2,2H3;5,7,10H,4,6,8-9H2,1-3H3/b;7-5+. The van der Waals surface area contributed by atoms with Crippen molar-refractivity contribution in [3.8, 4) is 29.4 Å². The van der Waals surface area contributed by atoms with E-state index in [1.807, 2.05) is 48.2 Å². The number of likely N-dealkylation sites (tertiary alicyclic amines) is 1. The Kier molecular flexibility index (Phi) is 10.5. The van der Waals surface area contributed by atoms with Crippen molar-refractivity contribution in [3.05, 3.63) is 70.7 Å². The van der Waals surface area contributed by atoms with E-state index in [2.05, 4.69) is 28.1 Å². The van der Waals surface area contributed by atoms with Crippen molar-refractivity contribution in [1.82, 2.24) is 19.8 Å². The summed E-state index contributed by atoms with van der Waals surface area (Å²) in [6.45, 7) is 3.87. The van der Waals surface area contributed by atoms with Crippen LogP contribution in [0.2, 0.25) is 5.02 Å². The Morgan fingerprint density at radius 3 is 2.81 bits per heavy atom. The van der Waals surface area contributed by atoms with Crippen LogP contribution in [0, 0.1) is 12.3 Å². The van der Waals surface area contributed by atoms with E-state index < -0.39 is 0 Å². The Morgan fingerprint density at radius 1 is 1.31 bits per heavy atom. The van der Waals surface area contributed by atoms with E-state index in [1.54, 1.807) is 31.6 Å². The van der Waals surface area contributed by atoms with E-state index in [9.17, 15) is 9.59 Å². The van der Waals surface area contributed by atoms with E-state index in [0.717, 1.165) is 55.7 Å². The van der Waals surface area contributed by atoms with Gasteiger partial charge in [-0.15, -0.1) is 6.42 Å². The summed E-state index contributed by atoms with van der Waals surface area (Å²) >= 11 is 6.27. The molecule has 2 aromatic heterocycles. The molecule has 0 radical (unpaired) electrons. The Morgan fingerprint density at radius 2 is 2.12 bits per heavy atom. The predicted octanol–water partition coefficient (Wildman–Crippen LogP) is 6.10. The number of para-hydroxylation sites is 1. The van der Waals surface area contributed by atoms with Crippen molar-refractivity contribution in [2.24, 2.45) is 0 Å². The molecular weight excluding hydrogens is 550 g/mol. The number of fused-ring (bicyclic) bond motifs is 1. The van der Waals surface area contributed by atoms with Gasteiger partial charge < -0.3 is 24.8 Å². The number of ketones is 1. The number of carbonyl (C=O) groups is 2. The monoisotopic (exact) mass is 587 g/mol. The summed E-state index contributed by atoms with van der Waals surface area (Å²) in [6.07, 6.45) is 17.1. The largest absolute Gasteiger partial charge is 0.493 e. The molecule has 5 rings (SSSR count). The fourth-order valence-electron chi connectivity index (χ4n) is 5.32. The van der Waals surface area contributed by atoms with Crippen LogP contribution < -0.4 is 10.1 Å². The highest BCUT2D eigenvalue weighted by molar-refractivity contribution is 6.32. The van der Waals surface area contributed by atoms with Crippen LogP contribution in [-0.2, 0) is 11.2 Å². The van der Waals surface area contributed by atoms with Gasteiger partial charge in [0.25, 0.3) is 0 Å². The number of likely N-dealkylation sites (N-methyl/N-ethyl adjacent to an activating group) is 1. The van der Waals surface area contributed by atoms with Gasteiger partial charge in [-0.1, -0.05) is 29.7 Å². The lowest BCUT2D eigenvalue weighted by atomic mass is 9.94. The zero-order valence-corrected chi connectivity index (χ0v) is 25.4. The molecule has 0 saturated carbocycles. The molecule has 2 aliphatic rings. The Bertz CT molecular complexity index is 1500. The average molecular weight is 588 g/mol. The second-order valence-electron chi connectivity index (χ2n) is 10.7. The molecule has 3 heterocycles. The number of aromatic amines is 1. The molecule has 220 valence electrons. The van der Waals surface area contributed by atoms with E-state index >= 15 is 0 Å². The number of nitrogens with zero attached hydrogens (tertiary/aromatic N) is 3. The second-order valence-corrected chi connectivity index (χ2v) is 11.1.